The van der Waals surface area contributed by atoms with Crippen LogP contribution in [0.15, 0.2) is 18.2 Å². The van der Waals surface area contributed by atoms with E-state index in [1.165, 1.54) is 6.07 Å². The Hall–Kier alpha value is -0.680. The van der Waals surface area contributed by atoms with Gasteiger partial charge in [0.2, 0.25) is 0 Å². The standard InChI is InChI=1S/C12H18ClFN2O/c1-3-12(17-2)11(16-15)7-8-9(13)5-4-6-10(8)14/h4-6,11-12,16H,3,7,15H2,1-2H3. The predicted molar refractivity (Wildman–Crippen MR) is 67.3 cm³/mol. The van der Waals surface area contributed by atoms with Crippen molar-refractivity contribution in [2.75, 3.05) is 7.11 Å². The summed E-state index contributed by atoms with van der Waals surface area (Å²) in [5, 5.41) is 0.413. The molecule has 0 aliphatic rings. The summed E-state index contributed by atoms with van der Waals surface area (Å²) < 4.78 is 18.9. The van der Waals surface area contributed by atoms with Gasteiger partial charge in [0.05, 0.1) is 12.1 Å². The van der Waals surface area contributed by atoms with Crippen molar-refractivity contribution >= 4 is 11.6 Å². The molecule has 17 heavy (non-hydrogen) atoms. The van der Waals surface area contributed by atoms with Gasteiger partial charge < -0.3 is 4.74 Å². The van der Waals surface area contributed by atoms with Crippen LogP contribution in [0.1, 0.15) is 18.9 Å². The average Bonchev–Trinajstić information content (AvgIpc) is 2.33. The number of methoxy groups -OCH3 is 1. The molecule has 2 atom stereocenters. The first kappa shape index (κ1) is 14.4. The zero-order valence-electron chi connectivity index (χ0n) is 10.0. The molecule has 2 unspecified atom stereocenters. The summed E-state index contributed by atoms with van der Waals surface area (Å²) in [6.07, 6.45) is 1.11. The first-order valence-corrected chi connectivity index (χ1v) is 5.93. The number of nitrogens with two attached hydrogens (primary N) is 1. The monoisotopic (exact) mass is 260 g/mol. The van der Waals surface area contributed by atoms with Crippen LogP contribution in [0.2, 0.25) is 5.02 Å². The van der Waals surface area contributed by atoms with Gasteiger partial charge in [0.1, 0.15) is 5.82 Å². The van der Waals surface area contributed by atoms with Crippen molar-refractivity contribution < 1.29 is 9.13 Å². The summed E-state index contributed by atoms with van der Waals surface area (Å²) in [6.45, 7) is 1.99. The number of hydrogen-bond acceptors (Lipinski definition) is 3. The highest BCUT2D eigenvalue weighted by molar-refractivity contribution is 6.31. The Kier molecular flexibility index (Phi) is 5.85. The summed E-state index contributed by atoms with van der Waals surface area (Å²) in [5.41, 5.74) is 3.12. The van der Waals surface area contributed by atoms with Crippen molar-refractivity contribution in [2.24, 2.45) is 5.84 Å². The normalized spacial score (nSPS) is 14.6. The van der Waals surface area contributed by atoms with Gasteiger partial charge in [0.25, 0.3) is 0 Å². The van der Waals surface area contributed by atoms with E-state index in [9.17, 15) is 4.39 Å². The molecule has 96 valence electrons. The molecule has 0 radical (unpaired) electrons. The summed E-state index contributed by atoms with van der Waals surface area (Å²) >= 11 is 5.97. The molecule has 0 aliphatic heterocycles. The number of benzene rings is 1. The number of nitrogens with one attached hydrogen (secondary N) is 1. The van der Waals surface area contributed by atoms with Crippen molar-refractivity contribution in [3.05, 3.63) is 34.6 Å². The minimum absolute atomic E-state index is 0.0735. The molecule has 0 spiro atoms. The number of ether oxygens (including phenoxy) is 1. The minimum atomic E-state index is -0.316. The average molecular weight is 261 g/mol. The van der Waals surface area contributed by atoms with Crippen LogP contribution in [0.4, 0.5) is 4.39 Å². The minimum Gasteiger partial charge on any atom is -0.380 e. The van der Waals surface area contributed by atoms with Crippen molar-refractivity contribution in [3.63, 3.8) is 0 Å². The summed E-state index contributed by atoms with van der Waals surface area (Å²) in [4.78, 5) is 0. The second kappa shape index (κ2) is 6.91. The van der Waals surface area contributed by atoms with Crippen molar-refractivity contribution in [2.45, 2.75) is 31.9 Å². The third-order valence-electron chi connectivity index (χ3n) is 2.85. The summed E-state index contributed by atoms with van der Waals surface area (Å²) in [7, 11) is 1.61. The van der Waals surface area contributed by atoms with Gasteiger partial charge in [0.15, 0.2) is 0 Å². The zero-order chi connectivity index (χ0) is 12.8. The Morgan fingerprint density at radius 2 is 2.24 bits per heavy atom. The molecular formula is C12H18ClFN2O. The molecule has 0 aromatic heterocycles. The lowest BCUT2D eigenvalue weighted by molar-refractivity contribution is 0.0651. The van der Waals surface area contributed by atoms with E-state index in [2.05, 4.69) is 5.43 Å². The van der Waals surface area contributed by atoms with Crippen LogP contribution in [0.25, 0.3) is 0 Å². The van der Waals surface area contributed by atoms with E-state index in [1.54, 1.807) is 19.2 Å². The quantitative estimate of drug-likeness (QED) is 0.609. The van der Waals surface area contributed by atoms with Gasteiger partial charge in [-0.2, -0.15) is 0 Å². The predicted octanol–water partition coefficient (Wildman–Crippen LogP) is 2.28. The van der Waals surface area contributed by atoms with E-state index in [1.807, 2.05) is 6.92 Å². The largest absolute Gasteiger partial charge is 0.380 e. The SMILES string of the molecule is CCC(OC)C(Cc1c(F)cccc1Cl)NN. The molecule has 3 N–H and O–H groups in total. The number of hydrazine groups is 1. The highest BCUT2D eigenvalue weighted by Gasteiger charge is 2.21. The van der Waals surface area contributed by atoms with Gasteiger partial charge in [-0.25, -0.2) is 4.39 Å². The lowest BCUT2D eigenvalue weighted by Gasteiger charge is -2.24. The van der Waals surface area contributed by atoms with Crippen LogP contribution in [-0.4, -0.2) is 19.3 Å². The van der Waals surface area contributed by atoms with Gasteiger partial charge >= 0.3 is 0 Å². The zero-order valence-corrected chi connectivity index (χ0v) is 10.8. The third-order valence-corrected chi connectivity index (χ3v) is 3.21. The molecule has 1 aromatic carbocycles. The van der Waals surface area contributed by atoms with Gasteiger partial charge in [-0.05, 0) is 25.0 Å². The maximum Gasteiger partial charge on any atom is 0.127 e. The molecule has 5 heteroatoms. The second-order valence-corrected chi connectivity index (χ2v) is 4.27. The van der Waals surface area contributed by atoms with Gasteiger partial charge in [-0.3, -0.25) is 11.3 Å². The van der Waals surface area contributed by atoms with Gasteiger partial charge in [-0.15, -0.1) is 0 Å². The third kappa shape index (κ3) is 3.64. The molecule has 0 heterocycles. The van der Waals surface area contributed by atoms with Crippen molar-refractivity contribution in [1.82, 2.24) is 5.43 Å². The molecule has 3 nitrogen and oxygen atoms in total. The van der Waals surface area contributed by atoms with Gasteiger partial charge in [-0.1, -0.05) is 24.6 Å². The Balaban J connectivity index is 2.87. The first-order chi connectivity index (χ1) is 8.13. The van der Waals surface area contributed by atoms with E-state index >= 15 is 0 Å². The van der Waals surface area contributed by atoms with Crippen LogP contribution in [0.5, 0.6) is 0 Å². The number of hydrogen-bond donors (Lipinski definition) is 2. The van der Waals surface area contributed by atoms with E-state index in [-0.39, 0.29) is 18.0 Å². The molecule has 0 fully saturated rings. The Bertz CT molecular complexity index is 338. The summed E-state index contributed by atoms with van der Waals surface area (Å²) in [6, 6.07) is 4.48. The molecule has 1 rings (SSSR count). The maximum atomic E-state index is 13.6. The maximum absolute atomic E-state index is 13.6. The molecule has 1 aromatic rings. The van der Waals surface area contributed by atoms with Crippen LogP contribution in [0, 0.1) is 5.82 Å². The Morgan fingerprint density at radius 3 is 2.71 bits per heavy atom. The van der Waals surface area contributed by atoms with Crippen LogP contribution < -0.4 is 11.3 Å². The fourth-order valence-electron chi connectivity index (χ4n) is 1.86. The molecule has 0 aliphatic carbocycles. The van der Waals surface area contributed by atoms with E-state index in [0.29, 0.717) is 17.0 Å². The first-order valence-electron chi connectivity index (χ1n) is 5.55. The summed E-state index contributed by atoms with van der Waals surface area (Å²) in [5.74, 6) is 5.16. The van der Waals surface area contributed by atoms with Crippen LogP contribution >= 0.6 is 11.6 Å². The van der Waals surface area contributed by atoms with E-state index in [0.717, 1.165) is 6.42 Å². The van der Waals surface area contributed by atoms with Crippen molar-refractivity contribution in [1.29, 1.82) is 0 Å². The number of rotatable bonds is 6. The fourth-order valence-corrected chi connectivity index (χ4v) is 2.10. The lowest BCUT2D eigenvalue weighted by atomic mass is 9.99. The molecule has 0 saturated heterocycles. The van der Waals surface area contributed by atoms with E-state index < -0.39 is 0 Å². The smallest absolute Gasteiger partial charge is 0.127 e. The van der Waals surface area contributed by atoms with Crippen molar-refractivity contribution in [3.8, 4) is 0 Å². The highest BCUT2D eigenvalue weighted by atomic mass is 35.5. The number of halogens is 2. The Morgan fingerprint density at radius 1 is 1.53 bits per heavy atom. The highest BCUT2D eigenvalue weighted by Crippen LogP contribution is 2.22. The van der Waals surface area contributed by atoms with Crippen LogP contribution in [0.3, 0.4) is 0 Å². The fraction of sp³-hybridized carbons (Fsp3) is 0.500. The molecule has 0 bridgehead atoms. The lowest BCUT2D eigenvalue weighted by Crippen LogP contribution is -2.46. The molecule has 0 saturated carbocycles. The Labute approximate surface area is 106 Å². The van der Waals surface area contributed by atoms with Crippen LogP contribution in [-0.2, 0) is 11.2 Å². The van der Waals surface area contributed by atoms with Gasteiger partial charge in [0, 0.05) is 17.7 Å². The molecular weight excluding hydrogens is 243 g/mol. The van der Waals surface area contributed by atoms with E-state index in [4.69, 9.17) is 22.2 Å². The topological polar surface area (TPSA) is 47.3 Å². The second-order valence-electron chi connectivity index (χ2n) is 3.86. The molecule has 0 amide bonds.